The molecule has 0 heterocycles. The van der Waals surface area contributed by atoms with Gasteiger partial charge >= 0.3 is 0 Å². The molecule has 1 aromatic carbocycles. The lowest BCUT2D eigenvalue weighted by atomic mass is 10.1. The highest BCUT2D eigenvalue weighted by atomic mass is 16.5. The number of hydrogen-bond donors (Lipinski definition) is 1. The Bertz CT molecular complexity index is 357. The van der Waals surface area contributed by atoms with Crippen LogP contribution in [0.15, 0.2) is 12.1 Å². The molecule has 0 aliphatic heterocycles. The van der Waals surface area contributed by atoms with Crippen LogP contribution in [0.2, 0.25) is 0 Å². The average Bonchev–Trinajstić information content (AvgIpc) is 2.78. The second kappa shape index (κ2) is 5.41. The SMILES string of the molecule is CCCNC1Cc2c(OC)ccc(OC)c2C1. The van der Waals surface area contributed by atoms with Crippen molar-refractivity contribution in [2.45, 2.75) is 32.2 Å². The standard InChI is InChI=1S/C14H21NO2/c1-4-7-15-10-8-11-12(9-10)14(17-3)6-5-13(11)16-2/h5-6,10,15H,4,7-9H2,1-3H3. The molecule has 0 atom stereocenters. The summed E-state index contributed by atoms with van der Waals surface area (Å²) in [6, 6.07) is 4.52. The van der Waals surface area contributed by atoms with Gasteiger partial charge in [-0.25, -0.2) is 0 Å². The van der Waals surface area contributed by atoms with Crippen molar-refractivity contribution < 1.29 is 9.47 Å². The first-order chi connectivity index (χ1) is 8.30. The van der Waals surface area contributed by atoms with Gasteiger partial charge in [-0.1, -0.05) is 6.92 Å². The Morgan fingerprint density at radius 2 is 1.65 bits per heavy atom. The van der Waals surface area contributed by atoms with Crippen molar-refractivity contribution in [3.05, 3.63) is 23.3 Å². The second-order valence-electron chi connectivity index (χ2n) is 4.49. The Hall–Kier alpha value is -1.22. The Kier molecular flexibility index (Phi) is 3.89. The number of benzene rings is 1. The highest BCUT2D eigenvalue weighted by molar-refractivity contribution is 5.52. The van der Waals surface area contributed by atoms with Crippen molar-refractivity contribution >= 4 is 0 Å². The maximum Gasteiger partial charge on any atom is 0.122 e. The second-order valence-corrected chi connectivity index (χ2v) is 4.49. The molecule has 0 amide bonds. The number of fused-ring (bicyclic) bond motifs is 1. The van der Waals surface area contributed by atoms with Gasteiger partial charge in [-0.3, -0.25) is 0 Å². The van der Waals surface area contributed by atoms with Crippen molar-refractivity contribution in [2.75, 3.05) is 20.8 Å². The van der Waals surface area contributed by atoms with Gasteiger partial charge in [-0.15, -0.1) is 0 Å². The van der Waals surface area contributed by atoms with Gasteiger partial charge in [-0.2, -0.15) is 0 Å². The molecule has 3 heteroatoms. The third-order valence-corrected chi connectivity index (χ3v) is 3.37. The summed E-state index contributed by atoms with van der Waals surface area (Å²) in [5, 5.41) is 3.57. The summed E-state index contributed by atoms with van der Waals surface area (Å²) in [6.45, 7) is 3.26. The van der Waals surface area contributed by atoms with Gasteiger partial charge in [0.25, 0.3) is 0 Å². The summed E-state index contributed by atoms with van der Waals surface area (Å²) >= 11 is 0. The first-order valence-corrected chi connectivity index (χ1v) is 6.26. The fourth-order valence-electron chi connectivity index (χ4n) is 2.54. The van der Waals surface area contributed by atoms with Crippen LogP contribution >= 0.6 is 0 Å². The molecule has 0 bridgehead atoms. The zero-order valence-corrected chi connectivity index (χ0v) is 10.9. The first kappa shape index (κ1) is 12.2. The molecule has 94 valence electrons. The molecule has 0 saturated heterocycles. The van der Waals surface area contributed by atoms with Crippen LogP contribution in [0.1, 0.15) is 24.5 Å². The van der Waals surface area contributed by atoms with E-state index < -0.39 is 0 Å². The van der Waals surface area contributed by atoms with Gasteiger partial charge < -0.3 is 14.8 Å². The minimum atomic E-state index is 0.523. The summed E-state index contributed by atoms with van der Waals surface area (Å²) < 4.78 is 10.9. The van der Waals surface area contributed by atoms with E-state index in [1.807, 2.05) is 12.1 Å². The van der Waals surface area contributed by atoms with Crippen LogP contribution in [0.3, 0.4) is 0 Å². The van der Waals surface area contributed by atoms with E-state index in [0.717, 1.165) is 30.9 Å². The minimum absolute atomic E-state index is 0.523. The zero-order valence-electron chi connectivity index (χ0n) is 10.9. The molecule has 17 heavy (non-hydrogen) atoms. The molecule has 0 radical (unpaired) electrons. The molecule has 1 aromatic rings. The predicted molar refractivity (Wildman–Crippen MR) is 69.0 cm³/mol. The van der Waals surface area contributed by atoms with E-state index in [2.05, 4.69) is 12.2 Å². The quantitative estimate of drug-likeness (QED) is 0.848. The van der Waals surface area contributed by atoms with Crippen LogP contribution in [0, 0.1) is 0 Å². The number of rotatable bonds is 5. The van der Waals surface area contributed by atoms with Crippen LogP contribution in [0.5, 0.6) is 11.5 Å². The normalized spacial score (nSPS) is 14.8. The third-order valence-electron chi connectivity index (χ3n) is 3.37. The fourth-order valence-corrected chi connectivity index (χ4v) is 2.54. The Morgan fingerprint density at radius 3 is 2.06 bits per heavy atom. The molecule has 1 aliphatic rings. The molecule has 3 nitrogen and oxygen atoms in total. The van der Waals surface area contributed by atoms with E-state index in [0.29, 0.717) is 6.04 Å². The fraction of sp³-hybridized carbons (Fsp3) is 0.571. The van der Waals surface area contributed by atoms with Crippen molar-refractivity contribution in [3.8, 4) is 11.5 Å². The van der Waals surface area contributed by atoms with E-state index >= 15 is 0 Å². The first-order valence-electron chi connectivity index (χ1n) is 6.26. The summed E-state index contributed by atoms with van der Waals surface area (Å²) in [4.78, 5) is 0. The molecular formula is C14H21NO2. The van der Waals surface area contributed by atoms with E-state index in [1.165, 1.54) is 17.5 Å². The highest BCUT2D eigenvalue weighted by Gasteiger charge is 2.26. The van der Waals surface area contributed by atoms with Gasteiger partial charge in [0, 0.05) is 17.2 Å². The summed E-state index contributed by atoms with van der Waals surface area (Å²) in [6.07, 6.45) is 3.24. The van der Waals surface area contributed by atoms with Crippen LogP contribution in [0.4, 0.5) is 0 Å². The summed E-state index contributed by atoms with van der Waals surface area (Å²) in [5.41, 5.74) is 2.61. The average molecular weight is 235 g/mol. The Labute approximate surface area is 103 Å². The van der Waals surface area contributed by atoms with Gasteiger partial charge in [0.05, 0.1) is 14.2 Å². The number of methoxy groups -OCH3 is 2. The van der Waals surface area contributed by atoms with Crippen LogP contribution < -0.4 is 14.8 Å². The van der Waals surface area contributed by atoms with Crippen molar-refractivity contribution in [1.29, 1.82) is 0 Å². The van der Waals surface area contributed by atoms with Gasteiger partial charge in [0.2, 0.25) is 0 Å². The molecular weight excluding hydrogens is 214 g/mol. The van der Waals surface area contributed by atoms with E-state index in [4.69, 9.17) is 9.47 Å². The lowest BCUT2D eigenvalue weighted by Gasteiger charge is -2.10. The predicted octanol–water partition coefficient (Wildman–Crippen LogP) is 2.17. The molecule has 0 aromatic heterocycles. The Morgan fingerprint density at radius 1 is 1.12 bits per heavy atom. The molecule has 1 aliphatic carbocycles. The van der Waals surface area contributed by atoms with Gasteiger partial charge in [0.1, 0.15) is 11.5 Å². The Balaban J connectivity index is 2.22. The largest absolute Gasteiger partial charge is 0.496 e. The topological polar surface area (TPSA) is 30.5 Å². The highest BCUT2D eigenvalue weighted by Crippen LogP contribution is 2.36. The smallest absolute Gasteiger partial charge is 0.122 e. The number of ether oxygens (including phenoxy) is 2. The molecule has 0 saturated carbocycles. The van der Waals surface area contributed by atoms with Gasteiger partial charge in [-0.05, 0) is 37.9 Å². The van der Waals surface area contributed by atoms with Crippen molar-refractivity contribution in [1.82, 2.24) is 5.32 Å². The lowest BCUT2D eigenvalue weighted by Crippen LogP contribution is -2.30. The minimum Gasteiger partial charge on any atom is -0.496 e. The molecule has 0 spiro atoms. The van der Waals surface area contributed by atoms with Crippen molar-refractivity contribution in [2.24, 2.45) is 0 Å². The van der Waals surface area contributed by atoms with Crippen LogP contribution in [-0.2, 0) is 12.8 Å². The molecule has 0 unspecified atom stereocenters. The maximum atomic E-state index is 5.43. The third kappa shape index (κ3) is 2.39. The lowest BCUT2D eigenvalue weighted by molar-refractivity contribution is 0.398. The molecule has 0 fully saturated rings. The molecule has 1 N–H and O–H groups in total. The monoisotopic (exact) mass is 235 g/mol. The number of nitrogens with one attached hydrogen (secondary N) is 1. The number of hydrogen-bond acceptors (Lipinski definition) is 3. The van der Waals surface area contributed by atoms with Gasteiger partial charge in [0.15, 0.2) is 0 Å². The van der Waals surface area contributed by atoms with Crippen LogP contribution in [-0.4, -0.2) is 26.8 Å². The van der Waals surface area contributed by atoms with Crippen LogP contribution in [0.25, 0.3) is 0 Å². The van der Waals surface area contributed by atoms with E-state index in [9.17, 15) is 0 Å². The molecule has 2 rings (SSSR count). The zero-order chi connectivity index (χ0) is 12.3. The van der Waals surface area contributed by atoms with E-state index in [-0.39, 0.29) is 0 Å². The summed E-state index contributed by atoms with van der Waals surface area (Å²) in [5.74, 6) is 1.98. The maximum absolute atomic E-state index is 5.43. The van der Waals surface area contributed by atoms with E-state index in [1.54, 1.807) is 14.2 Å². The summed E-state index contributed by atoms with van der Waals surface area (Å²) in [7, 11) is 3.46. The van der Waals surface area contributed by atoms with Crippen molar-refractivity contribution in [3.63, 3.8) is 0 Å².